The van der Waals surface area contributed by atoms with E-state index in [9.17, 15) is 9.18 Å². The smallest absolute Gasteiger partial charge is 0.266 e. The molecule has 0 aliphatic carbocycles. The number of benzene rings is 2. The van der Waals surface area contributed by atoms with Crippen molar-refractivity contribution in [2.75, 3.05) is 0 Å². The predicted molar refractivity (Wildman–Crippen MR) is 114 cm³/mol. The SMILES string of the molecule is Cc1nn(Cc2ccc(F)cc2)c(Cl)c1/C=N/NC(=O)c1ccc2ccccc2n1. The Labute approximate surface area is 177 Å². The lowest BCUT2D eigenvalue weighted by Crippen LogP contribution is -2.19. The van der Waals surface area contributed by atoms with E-state index in [0.717, 1.165) is 16.5 Å². The summed E-state index contributed by atoms with van der Waals surface area (Å²) in [5.41, 5.74) is 5.56. The van der Waals surface area contributed by atoms with E-state index in [1.54, 1.807) is 29.8 Å². The van der Waals surface area contributed by atoms with Crippen molar-refractivity contribution in [3.8, 4) is 0 Å². The number of hydrazone groups is 1. The number of pyridine rings is 1. The number of rotatable bonds is 5. The molecular formula is C22H17ClFN5O. The summed E-state index contributed by atoms with van der Waals surface area (Å²) >= 11 is 6.42. The second-order valence-electron chi connectivity index (χ2n) is 6.66. The molecule has 2 aromatic carbocycles. The summed E-state index contributed by atoms with van der Waals surface area (Å²) in [6, 6.07) is 17.1. The molecule has 0 saturated heterocycles. The summed E-state index contributed by atoms with van der Waals surface area (Å²) in [4.78, 5) is 16.7. The van der Waals surface area contributed by atoms with Crippen molar-refractivity contribution in [3.63, 3.8) is 0 Å². The molecule has 0 spiro atoms. The largest absolute Gasteiger partial charge is 0.289 e. The second kappa shape index (κ2) is 8.42. The number of carbonyl (C=O) groups excluding carboxylic acids is 1. The maximum Gasteiger partial charge on any atom is 0.289 e. The van der Waals surface area contributed by atoms with Gasteiger partial charge in [0.15, 0.2) is 0 Å². The number of hydrogen-bond donors (Lipinski definition) is 1. The number of para-hydroxylation sites is 1. The number of halogens is 2. The second-order valence-corrected chi connectivity index (χ2v) is 7.02. The molecule has 0 saturated carbocycles. The van der Waals surface area contributed by atoms with E-state index in [0.29, 0.717) is 23.0 Å². The lowest BCUT2D eigenvalue weighted by atomic mass is 10.2. The van der Waals surface area contributed by atoms with Gasteiger partial charge in [-0.05, 0) is 36.8 Å². The van der Waals surface area contributed by atoms with Gasteiger partial charge in [-0.3, -0.25) is 4.79 Å². The summed E-state index contributed by atoms with van der Waals surface area (Å²) in [5, 5.41) is 9.72. The van der Waals surface area contributed by atoms with Crippen LogP contribution in [0.1, 0.15) is 27.3 Å². The van der Waals surface area contributed by atoms with E-state index in [-0.39, 0.29) is 11.5 Å². The first kappa shape index (κ1) is 19.7. The fourth-order valence-corrected chi connectivity index (χ4v) is 3.27. The van der Waals surface area contributed by atoms with Crippen LogP contribution < -0.4 is 5.43 Å². The van der Waals surface area contributed by atoms with Crippen LogP contribution >= 0.6 is 11.6 Å². The molecule has 150 valence electrons. The standard InChI is InChI=1S/C22H17ClFN5O/c1-14-18(21(23)29(28-14)13-15-6-9-17(24)10-7-15)12-25-27-22(30)20-11-8-16-4-2-3-5-19(16)26-20/h2-12H,13H2,1H3,(H,27,30)/b25-12+. The van der Waals surface area contributed by atoms with E-state index < -0.39 is 5.91 Å². The van der Waals surface area contributed by atoms with Gasteiger partial charge in [-0.2, -0.15) is 10.2 Å². The van der Waals surface area contributed by atoms with E-state index in [1.807, 2.05) is 30.3 Å². The third-order valence-electron chi connectivity index (χ3n) is 4.55. The van der Waals surface area contributed by atoms with Crippen molar-refractivity contribution in [2.24, 2.45) is 5.10 Å². The van der Waals surface area contributed by atoms with E-state index >= 15 is 0 Å². The third-order valence-corrected chi connectivity index (χ3v) is 4.94. The zero-order valence-electron chi connectivity index (χ0n) is 16.0. The van der Waals surface area contributed by atoms with Gasteiger partial charge in [0, 0.05) is 5.39 Å². The van der Waals surface area contributed by atoms with Crippen LogP contribution in [-0.4, -0.2) is 26.9 Å². The molecule has 1 N–H and O–H groups in total. The normalized spacial score (nSPS) is 11.3. The summed E-state index contributed by atoms with van der Waals surface area (Å²) in [6.45, 7) is 2.18. The molecule has 2 heterocycles. The number of aryl methyl sites for hydroxylation is 1. The molecule has 0 atom stereocenters. The van der Waals surface area contributed by atoms with Crippen molar-refractivity contribution in [2.45, 2.75) is 13.5 Å². The highest BCUT2D eigenvalue weighted by atomic mass is 35.5. The number of amides is 1. The van der Waals surface area contributed by atoms with Crippen molar-refractivity contribution in [1.29, 1.82) is 0 Å². The molecule has 8 heteroatoms. The Balaban J connectivity index is 1.47. The van der Waals surface area contributed by atoms with Crippen LogP contribution in [0, 0.1) is 12.7 Å². The zero-order chi connectivity index (χ0) is 21.1. The highest BCUT2D eigenvalue weighted by Crippen LogP contribution is 2.19. The van der Waals surface area contributed by atoms with Gasteiger partial charge in [-0.15, -0.1) is 0 Å². The number of fused-ring (bicyclic) bond motifs is 1. The first-order valence-corrected chi connectivity index (χ1v) is 9.55. The third kappa shape index (κ3) is 4.21. The van der Waals surface area contributed by atoms with Gasteiger partial charge in [0.2, 0.25) is 0 Å². The maximum absolute atomic E-state index is 13.1. The lowest BCUT2D eigenvalue weighted by Gasteiger charge is -2.03. The number of carbonyl (C=O) groups is 1. The topological polar surface area (TPSA) is 72.2 Å². The Bertz CT molecular complexity index is 1250. The highest BCUT2D eigenvalue weighted by Gasteiger charge is 2.13. The van der Waals surface area contributed by atoms with Gasteiger partial charge < -0.3 is 0 Å². The summed E-state index contributed by atoms with van der Waals surface area (Å²) in [5.74, 6) is -0.726. The van der Waals surface area contributed by atoms with Crippen molar-refractivity contribution in [3.05, 3.63) is 94.1 Å². The Morgan fingerprint density at radius 1 is 1.17 bits per heavy atom. The Kier molecular flexibility index (Phi) is 5.54. The maximum atomic E-state index is 13.1. The quantitative estimate of drug-likeness (QED) is 0.384. The Hall–Kier alpha value is -3.58. The van der Waals surface area contributed by atoms with Crippen molar-refractivity contribution < 1.29 is 9.18 Å². The van der Waals surface area contributed by atoms with Gasteiger partial charge >= 0.3 is 0 Å². The molecule has 2 aromatic heterocycles. The number of nitrogens with zero attached hydrogens (tertiary/aromatic N) is 4. The van der Waals surface area contributed by atoms with Gasteiger partial charge in [-0.1, -0.05) is 48.0 Å². The van der Waals surface area contributed by atoms with Crippen molar-refractivity contribution >= 4 is 34.6 Å². The van der Waals surface area contributed by atoms with Gasteiger partial charge in [0.1, 0.15) is 16.7 Å². The van der Waals surface area contributed by atoms with Crippen LogP contribution in [-0.2, 0) is 6.54 Å². The molecule has 4 aromatic rings. The molecule has 6 nitrogen and oxygen atoms in total. The monoisotopic (exact) mass is 421 g/mol. The van der Waals surface area contributed by atoms with Crippen LogP contribution in [0.5, 0.6) is 0 Å². The molecule has 0 unspecified atom stereocenters. The van der Waals surface area contributed by atoms with Crippen LogP contribution in [0.4, 0.5) is 4.39 Å². The molecular weight excluding hydrogens is 405 g/mol. The minimum Gasteiger partial charge on any atom is -0.266 e. The average molecular weight is 422 g/mol. The Morgan fingerprint density at radius 3 is 2.73 bits per heavy atom. The molecule has 30 heavy (non-hydrogen) atoms. The Morgan fingerprint density at radius 2 is 1.93 bits per heavy atom. The lowest BCUT2D eigenvalue weighted by molar-refractivity contribution is 0.0950. The average Bonchev–Trinajstić information content (AvgIpc) is 3.02. The van der Waals surface area contributed by atoms with Crippen LogP contribution in [0.3, 0.4) is 0 Å². The van der Waals surface area contributed by atoms with E-state index in [2.05, 4.69) is 20.6 Å². The highest BCUT2D eigenvalue weighted by molar-refractivity contribution is 6.32. The summed E-state index contributed by atoms with van der Waals surface area (Å²) in [6.07, 6.45) is 1.45. The number of hydrogen-bond acceptors (Lipinski definition) is 4. The molecule has 4 rings (SSSR count). The molecule has 0 bridgehead atoms. The number of aromatic nitrogens is 3. The predicted octanol–water partition coefficient (Wildman–Crippen LogP) is 4.34. The zero-order valence-corrected chi connectivity index (χ0v) is 16.8. The molecule has 0 radical (unpaired) electrons. The van der Waals surface area contributed by atoms with E-state index in [4.69, 9.17) is 11.6 Å². The first-order chi connectivity index (χ1) is 14.5. The number of nitrogens with one attached hydrogen (secondary N) is 1. The fourth-order valence-electron chi connectivity index (χ4n) is 2.99. The van der Waals surface area contributed by atoms with Gasteiger partial charge in [-0.25, -0.2) is 19.5 Å². The molecule has 0 aliphatic rings. The molecule has 0 fully saturated rings. The van der Waals surface area contributed by atoms with Gasteiger partial charge in [0.05, 0.1) is 29.5 Å². The first-order valence-electron chi connectivity index (χ1n) is 9.18. The fraction of sp³-hybridized carbons (Fsp3) is 0.0909. The van der Waals surface area contributed by atoms with E-state index in [1.165, 1.54) is 18.3 Å². The van der Waals surface area contributed by atoms with Crippen LogP contribution in [0.2, 0.25) is 5.15 Å². The summed E-state index contributed by atoms with van der Waals surface area (Å²) in [7, 11) is 0. The minimum atomic E-state index is -0.426. The molecule has 1 amide bonds. The van der Waals surface area contributed by atoms with Crippen LogP contribution in [0.15, 0.2) is 65.8 Å². The summed E-state index contributed by atoms with van der Waals surface area (Å²) < 4.78 is 14.7. The minimum absolute atomic E-state index is 0.265. The molecule has 0 aliphatic heterocycles. The van der Waals surface area contributed by atoms with Gasteiger partial charge in [0.25, 0.3) is 5.91 Å². The van der Waals surface area contributed by atoms with Crippen molar-refractivity contribution in [1.82, 2.24) is 20.2 Å². The van der Waals surface area contributed by atoms with Crippen LogP contribution in [0.25, 0.3) is 10.9 Å².